The molecule has 0 unspecified atom stereocenters. The van der Waals surface area contributed by atoms with Crippen molar-refractivity contribution < 1.29 is 9.59 Å². The first-order valence-corrected chi connectivity index (χ1v) is 8.70. The molecule has 1 aliphatic heterocycles. The lowest BCUT2D eigenvalue weighted by molar-refractivity contribution is -0.117. The highest BCUT2D eigenvalue weighted by Gasteiger charge is 2.21. The van der Waals surface area contributed by atoms with Crippen LogP contribution in [0.4, 0.5) is 11.4 Å². The predicted molar refractivity (Wildman–Crippen MR) is 98.1 cm³/mol. The van der Waals surface area contributed by atoms with Gasteiger partial charge in [0.2, 0.25) is 11.8 Å². The van der Waals surface area contributed by atoms with Gasteiger partial charge in [-0.25, -0.2) is 0 Å². The van der Waals surface area contributed by atoms with Gasteiger partial charge in [-0.3, -0.25) is 9.59 Å². The molecule has 3 rings (SSSR count). The van der Waals surface area contributed by atoms with Gasteiger partial charge in [-0.05, 0) is 42.2 Å². The second-order valence-electron chi connectivity index (χ2n) is 5.42. The number of benzene rings is 2. The number of nitrogens with zero attached hydrogens (tertiary/aromatic N) is 1. The molecule has 0 spiro atoms. The summed E-state index contributed by atoms with van der Waals surface area (Å²) in [5, 5.41) is 4.59. The van der Waals surface area contributed by atoms with Gasteiger partial charge in [-0.15, -0.1) is 0 Å². The fourth-order valence-corrected chi connectivity index (χ4v) is 3.19. The fraction of sp³-hybridized carbons (Fsp3) is 0.158. The normalized spacial score (nSPS) is 14.3. The topological polar surface area (TPSA) is 49.4 Å². The third kappa shape index (κ3) is 4.26. The smallest absolute Gasteiger partial charge is 0.248 e. The molecule has 0 atom stereocenters. The molecule has 2 aromatic carbocycles. The van der Waals surface area contributed by atoms with Crippen molar-refractivity contribution in [1.82, 2.24) is 0 Å². The van der Waals surface area contributed by atoms with Crippen molar-refractivity contribution in [3.05, 3.63) is 66.1 Å². The number of carbonyl (C=O) groups excluding carboxylic acids is 2. The number of hydrogen-bond donors (Lipinski definition) is 1. The summed E-state index contributed by atoms with van der Waals surface area (Å²) in [5.74, 6) is -0.0547. The Hall–Kier alpha value is -2.53. The molecule has 0 aliphatic carbocycles. The lowest BCUT2D eigenvalue weighted by Crippen LogP contribution is -2.23. The van der Waals surface area contributed by atoms with Crippen LogP contribution < -0.4 is 10.2 Å². The van der Waals surface area contributed by atoms with Crippen LogP contribution in [-0.2, 0) is 9.59 Å². The molecule has 1 aliphatic rings. The first kappa shape index (κ1) is 16.3. The Bertz CT molecular complexity index is 759. The van der Waals surface area contributed by atoms with Gasteiger partial charge in [-0.1, -0.05) is 36.0 Å². The summed E-state index contributed by atoms with van der Waals surface area (Å²) in [4.78, 5) is 26.7. The molecule has 122 valence electrons. The van der Waals surface area contributed by atoms with Gasteiger partial charge in [-0.2, -0.15) is 0 Å². The van der Waals surface area contributed by atoms with Gasteiger partial charge in [0.15, 0.2) is 0 Å². The van der Waals surface area contributed by atoms with Crippen LogP contribution in [0.15, 0.2) is 71.0 Å². The maximum atomic E-state index is 12.0. The van der Waals surface area contributed by atoms with Crippen molar-refractivity contribution in [3.63, 3.8) is 0 Å². The molecule has 0 radical (unpaired) electrons. The van der Waals surface area contributed by atoms with Crippen LogP contribution in [0.5, 0.6) is 0 Å². The van der Waals surface area contributed by atoms with Crippen LogP contribution >= 0.6 is 11.8 Å². The molecular weight excluding hydrogens is 320 g/mol. The third-order valence-corrected chi connectivity index (χ3v) is 4.48. The highest BCUT2D eigenvalue weighted by atomic mass is 32.2. The molecule has 2 amide bonds. The maximum Gasteiger partial charge on any atom is 0.248 e. The molecule has 1 fully saturated rings. The van der Waals surface area contributed by atoms with Crippen LogP contribution in [0.25, 0.3) is 0 Å². The number of rotatable bonds is 5. The molecule has 0 bridgehead atoms. The van der Waals surface area contributed by atoms with Crippen LogP contribution in [0.3, 0.4) is 0 Å². The highest BCUT2D eigenvalue weighted by molar-refractivity contribution is 8.02. The van der Waals surface area contributed by atoms with E-state index >= 15 is 0 Å². The van der Waals surface area contributed by atoms with Crippen molar-refractivity contribution in [2.24, 2.45) is 0 Å². The molecule has 5 heteroatoms. The van der Waals surface area contributed by atoms with E-state index in [9.17, 15) is 9.59 Å². The van der Waals surface area contributed by atoms with Crippen LogP contribution in [0.2, 0.25) is 0 Å². The number of hydrogen-bond acceptors (Lipinski definition) is 3. The monoisotopic (exact) mass is 338 g/mol. The molecule has 0 aromatic heterocycles. The molecule has 1 N–H and O–H groups in total. The summed E-state index contributed by atoms with van der Waals surface area (Å²) in [5.41, 5.74) is 1.52. The van der Waals surface area contributed by atoms with Gasteiger partial charge in [0.1, 0.15) is 0 Å². The zero-order valence-electron chi connectivity index (χ0n) is 13.1. The number of carbonyl (C=O) groups is 2. The van der Waals surface area contributed by atoms with Crippen LogP contribution in [-0.4, -0.2) is 18.4 Å². The molecule has 1 saturated heterocycles. The van der Waals surface area contributed by atoms with Gasteiger partial charge in [0.05, 0.1) is 0 Å². The van der Waals surface area contributed by atoms with E-state index in [1.165, 1.54) is 17.8 Å². The second-order valence-corrected chi connectivity index (χ2v) is 6.40. The third-order valence-electron chi connectivity index (χ3n) is 3.67. The zero-order valence-corrected chi connectivity index (χ0v) is 14.0. The number of amides is 2. The van der Waals surface area contributed by atoms with E-state index < -0.39 is 0 Å². The van der Waals surface area contributed by atoms with E-state index in [2.05, 4.69) is 5.32 Å². The summed E-state index contributed by atoms with van der Waals surface area (Å²) in [6, 6.07) is 17.2. The van der Waals surface area contributed by atoms with E-state index in [0.29, 0.717) is 12.1 Å². The lowest BCUT2D eigenvalue weighted by atomic mass is 10.2. The molecule has 2 aromatic rings. The zero-order chi connectivity index (χ0) is 16.8. The minimum absolute atomic E-state index is 0.137. The standard InChI is InChI=1S/C19H18N2O2S/c22-18(11-13-24-17-8-2-1-3-9-17)20-15-6-4-7-16(14-15)21-12-5-10-19(21)23/h1-4,6-9,11,13-14H,5,10,12H2,(H,20,22)/b13-11+. The Kier molecular flexibility index (Phi) is 5.33. The Morgan fingerprint density at radius 3 is 2.71 bits per heavy atom. The van der Waals surface area contributed by atoms with E-state index in [4.69, 9.17) is 0 Å². The van der Waals surface area contributed by atoms with E-state index in [-0.39, 0.29) is 11.8 Å². The second kappa shape index (κ2) is 7.84. The average molecular weight is 338 g/mol. The summed E-state index contributed by atoms with van der Waals surface area (Å²) >= 11 is 1.49. The summed E-state index contributed by atoms with van der Waals surface area (Å²) in [6.45, 7) is 0.740. The predicted octanol–water partition coefficient (Wildman–Crippen LogP) is 4.06. The van der Waals surface area contributed by atoms with E-state index in [1.54, 1.807) is 10.3 Å². The van der Waals surface area contributed by atoms with E-state index in [1.807, 2.05) is 54.6 Å². The van der Waals surface area contributed by atoms with Crippen molar-refractivity contribution in [1.29, 1.82) is 0 Å². The molecule has 0 saturated carbocycles. The Morgan fingerprint density at radius 1 is 1.12 bits per heavy atom. The van der Waals surface area contributed by atoms with Gasteiger partial charge in [0.25, 0.3) is 0 Å². The van der Waals surface area contributed by atoms with Crippen molar-refractivity contribution >= 4 is 35.0 Å². The quantitative estimate of drug-likeness (QED) is 0.661. The Balaban J connectivity index is 1.59. The molecular formula is C19H18N2O2S. The SMILES string of the molecule is O=C(/C=C/Sc1ccccc1)Nc1cccc(N2CCCC2=O)c1. The largest absolute Gasteiger partial charge is 0.322 e. The van der Waals surface area contributed by atoms with Gasteiger partial charge < -0.3 is 10.2 Å². The van der Waals surface area contributed by atoms with Crippen LogP contribution in [0, 0.1) is 0 Å². The van der Waals surface area contributed by atoms with E-state index in [0.717, 1.165) is 23.5 Å². The highest BCUT2D eigenvalue weighted by Crippen LogP contribution is 2.24. The minimum atomic E-state index is -0.191. The molecule has 1 heterocycles. The Labute approximate surface area is 145 Å². The van der Waals surface area contributed by atoms with Crippen molar-refractivity contribution in [2.75, 3.05) is 16.8 Å². The van der Waals surface area contributed by atoms with Crippen molar-refractivity contribution in [2.45, 2.75) is 17.7 Å². The number of anilines is 2. The summed E-state index contributed by atoms with van der Waals surface area (Å²) in [7, 11) is 0. The van der Waals surface area contributed by atoms with Crippen molar-refractivity contribution in [3.8, 4) is 0 Å². The molecule has 24 heavy (non-hydrogen) atoms. The molecule has 4 nitrogen and oxygen atoms in total. The lowest BCUT2D eigenvalue weighted by Gasteiger charge is -2.16. The minimum Gasteiger partial charge on any atom is -0.322 e. The Morgan fingerprint density at radius 2 is 1.96 bits per heavy atom. The van der Waals surface area contributed by atoms with Gasteiger partial charge >= 0.3 is 0 Å². The summed E-state index contributed by atoms with van der Waals surface area (Å²) < 4.78 is 0. The van der Waals surface area contributed by atoms with Gasteiger partial charge in [0, 0.05) is 35.3 Å². The first-order chi connectivity index (χ1) is 11.7. The van der Waals surface area contributed by atoms with Crippen LogP contribution in [0.1, 0.15) is 12.8 Å². The fourth-order valence-electron chi connectivity index (χ4n) is 2.53. The maximum absolute atomic E-state index is 12.0. The first-order valence-electron chi connectivity index (χ1n) is 7.82. The average Bonchev–Trinajstić information content (AvgIpc) is 3.02. The summed E-state index contributed by atoms with van der Waals surface area (Å²) in [6.07, 6.45) is 2.98. The number of thioether (sulfide) groups is 1. The number of nitrogens with one attached hydrogen (secondary N) is 1.